The number of nitrogens with zero attached hydrogens (tertiary/aromatic N) is 3. The third kappa shape index (κ3) is 17.7. The molecule has 0 aliphatic heterocycles. The van der Waals surface area contributed by atoms with Crippen LogP contribution < -0.4 is 4.57 Å². The lowest BCUT2D eigenvalue weighted by Crippen LogP contribution is -2.23. The van der Waals surface area contributed by atoms with Crippen molar-refractivity contribution in [3.05, 3.63) is 36.3 Å². The van der Waals surface area contributed by atoms with Gasteiger partial charge in [0.05, 0.1) is 13.6 Å². The lowest BCUT2D eigenvalue weighted by atomic mass is 10.3. The van der Waals surface area contributed by atoms with E-state index >= 15 is 0 Å². The number of hydrogen-bond acceptors (Lipinski definition) is 3. The van der Waals surface area contributed by atoms with E-state index in [2.05, 4.69) is 47.0 Å². The Morgan fingerprint density at radius 2 is 1.86 bits per heavy atom. The van der Waals surface area contributed by atoms with Crippen LogP contribution in [0.2, 0.25) is 0 Å². The number of aromatic nitrogens is 2. The molecule has 0 aliphatic rings. The van der Waals surface area contributed by atoms with Crippen LogP contribution in [0.25, 0.3) is 5.41 Å². The highest BCUT2D eigenvalue weighted by atomic mass is 32.1. The quantitative estimate of drug-likeness (QED) is 0.371. The van der Waals surface area contributed by atoms with Gasteiger partial charge in [0.1, 0.15) is 12.4 Å². The first-order valence-electron chi connectivity index (χ1n) is 6.03. The standard InChI is InChI=1S/C8H15N2.C4H4O4.CNS/c1-3-4-5-10-7-6-9(2)8-10;5-3(6)1-2-4(7)8;2-1-3/h6-8H,3-5H2,1-2H3;1-2H,(H,5,6)(H,7,8);/q+1;;-1/b;2-1-;. The zero-order valence-corrected chi connectivity index (χ0v) is 12.8. The van der Waals surface area contributed by atoms with Crippen LogP contribution in [0.15, 0.2) is 30.9 Å². The zero-order chi connectivity index (χ0) is 16.7. The molecule has 0 aliphatic carbocycles. The van der Waals surface area contributed by atoms with E-state index in [-0.39, 0.29) is 0 Å². The minimum Gasteiger partial charge on any atom is -0.753 e. The minimum atomic E-state index is -1.26. The average Bonchev–Trinajstić information content (AvgIpc) is 2.81. The molecule has 2 N–H and O–H groups in total. The zero-order valence-electron chi connectivity index (χ0n) is 12.0. The summed E-state index contributed by atoms with van der Waals surface area (Å²) < 4.78 is 4.28. The monoisotopic (exact) mass is 313 g/mol. The minimum absolute atomic E-state index is 0.558. The molecule has 0 atom stereocenters. The normalized spacial score (nSPS) is 8.86. The molecule has 21 heavy (non-hydrogen) atoms. The van der Waals surface area contributed by atoms with Gasteiger partial charge in [0.15, 0.2) is 0 Å². The van der Waals surface area contributed by atoms with Gasteiger partial charge in [-0.2, -0.15) is 5.16 Å². The molecule has 0 saturated carbocycles. The molecular formula is C13H19N3O4S. The lowest BCUT2D eigenvalue weighted by Gasteiger charge is -1.90. The Morgan fingerprint density at radius 3 is 2.14 bits per heavy atom. The fourth-order valence-electron chi connectivity index (χ4n) is 1.12. The summed E-state index contributed by atoms with van der Waals surface area (Å²) in [7, 11) is 2.04. The number of imidazole rings is 1. The highest BCUT2D eigenvalue weighted by Crippen LogP contribution is 1.91. The summed E-state index contributed by atoms with van der Waals surface area (Å²) >= 11 is 3.70. The van der Waals surface area contributed by atoms with E-state index < -0.39 is 11.9 Å². The van der Waals surface area contributed by atoms with Gasteiger partial charge in [-0.1, -0.05) is 25.6 Å². The fourth-order valence-corrected chi connectivity index (χ4v) is 1.12. The van der Waals surface area contributed by atoms with E-state index in [0.717, 1.165) is 6.54 Å². The van der Waals surface area contributed by atoms with Crippen molar-refractivity contribution in [1.29, 1.82) is 0 Å². The van der Waals surface area contributed by atoms with Crippen LogP contribution in [0.3, 0.4) is 0 Å². The number of carboxylic acid groups (broad SMARTS) is 2. The van der Waals surface area contributed by atoms with Crippen molar-refractivity contribution in [1.82, 2.24) is 4.57 Å². The molecule has 116 valence electrons. The second-order valence-electron chi connectivity index (χ2n) is 3.77. The van der Waals surface area contributed by atoms with E-state index in [4.69, 9.17) is 15.6 Å². The predicted octanol–water partition coefficient (Wildman–Crippen LogP) is 1.48. The molecule has 1 aromatic rings. The van der Waals surface area contributed by atoms with Gasteiger partial charge in [-0.05, 0) is 6.42 Å². The summed E-state index contributed by atoms with van der Waals surface area (Å²) in [5.74, 6) is -2.51. The van der Waals surface area contributed by atoms with Crippen LogP contribution in [0.4, 0.5) is 0 Å². The summed E-state index contributed by atoms with van der Waals surface area (Å²) in [4.78, 5) is 19.1. The number of rotatable bonds is 5. The van der Waals surface area contributed by atoms with Crippen LogP contribution in [0.5, 0.6) is 0 Å². The second kappa shape index (κ2) is 14.1. The molecule has 0 aromatic carbocycles. The largest absolute Gasteiger partial charge is 0.753 e. The molecule has 0 bridgehead atoms. The first-order chi connectivity index (χ1) is 9.87. The predicted molar refractivity (Wildman–Crippen MR) is 80.9 cm³/mol. The van der Waals surface area contributed by atoms with Crippen molar-refractivity contribution in [3.63, 3.8) is 0 Å². The molecule has 0 spiro atoms. The average molecular weight is 313 g/mol. The van der Waals surface area contributed by atoms with Crippen molar-refractivity contribution >= 4 is 29.3 Å². The SMILES string of the molecule is CCCCn1cc[n+](C)c1.O=C(O)/C=C\C(=O)O.[N-]=C=S. The van der Waals surface area contributed by atoms with Gasteiger partial charge in [0.2, 0.25) is 6.33 Å². The number of thiocarbonyl (C=S) groups is 1. The van der Waals surface area contributed by atoms with Crippen molar-refractivity contribution < 1.29 is 24.4 Å². The van der Waals surface area contributed by atoms with Crippen molar-refractivity contribution in [2.75, 3.05) is 0 Å². The van der Waals surface area contributed by atoms with E-state index in [0.29, 0.717) is 12.2 Å². The highest BCUT2D eigenvalue weighted by Gasteiger charge is 1.96. The smallest absolute Gasteiger partial charge is 0.328 e. The Hall–Kier alpha value is -2.31. The van der Waals surface area contributed by atoms with E-state index in [9.17, 15) is 9.59 Å². The summed E-state index contributed by atoms with van der Waals surface area (Å²) in [6, 6.07) is 0. The maximum absolute atomic E-state index is 9.55. The molecule has 1 aromatic heterocycles. The molecule has 1 rings (SSSR count). The molecule has 0 radical (unpaired) electrons. The van der Waals surface area contributed by atoms with Crippen LogP contribution in [0, 0.1) is 0 Å². The van der Waals surface area contributed by atoms with Crippen molar-refractivity contribution in [2.24, 2.45) is 7.05 Å². The molecule has 8 heteroatoms. The Balaban J connectivity index is 0. The van der Waals surface area contributed by atoms with Crippen LogP contribution in [-0.2, 0) is 23.2 Å². The number of carboxylic acids is 2. The number of unbranched alkanes of at least 4 members (excludes halogenated alkanes) is 1. The summed E-state index contributed by atoms with van der Waals surface area (Å²) in [6.07, 6.45) is 9.93. The van der Waals surface area contributed by atoms with Gasteiger partial charge >= 0.3 is 11.9 Å². The molecule has 7 nitrogen and oxygen atoms in total. The number of aliphatic carboxylic acids is 2. The first kappa shape index (κ1) is 21.0. The third-order valence-electron chi connectivity index (χ3n) is 1.96. The molecule has 0 saturated heterocycles. The van der Waals surface area contributed by atoms with Crippen LogP contribution in [-0.4, -0.2) is 31.9 Å². The Bertz CT molecular complexity index is 475. The number of hydrogen-bond donors (Lipinski definition) is 2. The Labute approximate surface area is 128 Å². The van der Waals surface area contributed by atoms with Gasteiger partial charge in [0, 0.05) is 12.2 Å². The molecule has 0 amide bonds. The van der Waals surface area contributed by atoms with Gasteiger partial charge in [-0.3, -0.25) is 0 Å². The Kier molecular flexibility index (Phi) is 14.1. The molecule has 1 heterocycles. The summed E-state index contributed by atoms with van der Waals surface area (Å²) in [5.41, 5.74) is 0. The van der Waals surface area contributed by atoms with E-state index in [1.807, 2.05) is 7.05 Å². The molecule has 0 unspecified atom stereocenters. The second-order valence-corrected chi connectivity index (χ2v) is 3.95. The van der Waals surface area contributed by atoms with E-state index in [1.54, 1.807) is 0 Å². The van der Waals surface area contributed by atoms with Crippen molar-refractivity contribution in [3.8, 4) is 0 Å². The molecule has 0 fully saturated rings. The fraction of sp³-hybridized carbons (Fsp3) is 0.385. The Morgan fingerprint density at radius 1 is 1.38 bits per heavy atom. The number of isothiocyanates is 1. The van der Waals surface area contributed by atoms with Crippen LogP contribution >= 0.6 is 12.2 Å². The van der Waals surface area contributed by atoms with Gasteiger partial charge in [-0.25, -0.2) is 18.7 Å². The summed E-state index contributed by atoms with van der Waals surface area (Å²) in [6.45, 7) is 3.36. The van der Waals surface area contributed by atoms with Crippen LogP contribution in [0.1, 0.15) is 19.8 Å². The topological polar surface area (TPSA) is 106 Å². The van der Waals surface area contributed by atoms with Gasteiger partial charge < -0.3 is 15.6 Å². The lowest BCUT2D eigenvalue weighted by molar-refractivity contribution is -0.671. The number of carbonyl (C=O) groups is 2. The number of aryl methyl sites for hydroxylation is 2. The third-order valence-corrected chi connectivity index (χ3v) is 1.96. The summed E-state index contributed by atoms with van der Waals surface area (Å²) in [5, 5.41) is 24.1. The first-order valence-corrected chi connectivity index (χ1v) is 6.44. The van der Waals surface area contributed by atoms with Gasteiger partial charge in [-0.15, -0.1) is 0 Å². The maximum atomic E-state index is 9.55. The highest BCUT2D eigenvalue weighted by molar-refractivity contribution is 7.78. The molecular weight excluding hydrogens is 294 g/mol. The maximum Gasteiger partial charge on any atom is 0.328 e. The van der Waals surface area contributed by atoms with E-state index in [1.165, 1.54) is 18.0 Å². The van der Waals surface area contributed by atoms with Crippen molar-refractivity contribution in [2.45, 2.75) is 26.3 Å². The van der Waals surface area contributed by atoms with Gasteiger partial charge in [0.25, 0.3) is 0 Å².